The monoisotopic (exact) mass is 316 g/mol. The number of hydrogen-bond donors (Lipinski definition) is 2. The van der Waals surface area contributed by atoms with Gasteiger partial charge in [-0.05, 0) is 17.7 Å². The Hall–Kier alpha value is -1.65. The maximum atomic E-state index is 11.0. The van der Waals surface area contributed by atoms with Gasteiger partial charge in [0.05, 0.1) is 5.69 Å². The zero-order valence-electron chi connectivity index (χ0n) is 10.2. The highest BCUT2D eigenvalue weighted by Crippen LogP contribution is 2.43. The fourth-order valence-corrected chi connectivity index (χ4v) is 3.12. The first-order valence-electron chi connectivity index (χ1n) is 6.01. The molecule has 0 amide bonds. The summed E-state index contributed by atoms with van der Waals surface area (Å²) >= 11 is 3.47. The summed E-state index contributed by atoms with van der Waals surface area (Å²) in [6.07, 6.45) is 0.415. The van der Waals surface area contributed by atoms with E-state index in [1.165, 1.54) is 0 Å². The maximum absolute atomic E-state index is 11.0. The van der Waals surface area contributed by atoms with E-state index in [1.54, 1.807) is 0 Å². The highest BCUT2D eigenvalue weighted by atomic mass is 79.9. The number of aliphatic hydroxyl groups is 1. The van der Waals surface area contributed by atoms with E-state index in [4.69, 9.17) is 5.73 Å². The van der Waals surface area contributed by atoms with Crippen LogP contribution < -0.4 is 5.73 Å². The lowest BCUT2D eigenvalue weighted by Crippen LogP contribution is -2.40. The minimum atomic E-state index is -1.24. The summed E-state index contributed by atoms with van der Waals surface area (Å²) < 4.78 is 0.827. The molecule has 0 aliphatic carbocycles. The number of benzene rings is 2. The van der Waals surface area contributed by atoms with Crippen molar-refractivity contribution in [2.75, 3.05) is 0 Å². The largest absolute Gasteiger partial charge is 0.384 e. The topological polar surface area (TPSA) is 58.6 Å². The molecule has 1 atom stereocenters. The van der Waals surface area contributed by atoms with Crippen molar-refractivity contribution >= 4 is 27.5 Å². The van der Waals surface area contributed by atoms with E-state index >= 15 is 0 Å². The molecule has 0 radical (unpaired) electrons. The normalized spacial score (nSPS) is 21.1. The Bertz CT molecular complexity index is 654. The number of amidine groups is 1. The van der Waals surface area contributed by atoms with Gasteiger partial charge in [0, 0.05) is 16.5 Å². The third kappa shape index (κ3) is 1.97. The Morgan fingerprint density at radius 1 is 1.11 bits per heavy atom. The average molecular weight is 317 g/mol. The number of nitrogens with two attached hydrogens (primary N) is 1. The number of halogens is 1. The maximum Gasteiger partial charge on any atom is 0.154 e. The van der Waals surface area contributed by atoms with Gasteiger partial charge in [-0.2, -0.15) is 0 Å². The first kappa shape index (κ1) is 12.4. The summed E-state index contributed by atoms with van der Waals surface area (Å²) in [7, 11) is 0. The Balaban J connectivity index is 2.08. The van der Waals surface area contributed by atoms with E-state index < -0.39 is 5.60 Å². The molecule has 3 nitrogen and oxygen atoms in total. The molecule has 1 heterocycles. The molecule has 1 aliphatic rings. The molecule has 19 heavy (non-hydrogen) atoms. The molecular formula is C15H13BrN2O. The van der Waals surface area contributed by atoms with Gasteiger partial charge in [-0.15, -0.1) is 0 Å². The Kier molecular flexibility index (Phi) is 2.92. The predicted octanol–water partition coefficient (Wildman–Crippen LogP) is 2.88. The van der Waals surface area contributed by atoms with Crippen LogP contribution in [0.1, 0.15) is 11.1 Å². The summed E-state index contributed by atoms with van der Waals surface area (Å²) in [5, 5.41) is 11.0. The molecular weight excluding hydrogens is 304 g/mol. The molecule has 0 bridgehead atoms. The second-order valence-corrected chi connectivity index (χ2v) is 5.51. The standard InChI is InChI=1S/C15H13BrN2O/c16-11-7-4-8-12-13(11)15(19,14(17)18-12)9-10-5-2-1-3-6-10/h1-8,19H,9H2,(H2,17,18). The molecule has 96 valence electrons. The van der Waals surface area contributed by atoms with Crippen molar-refractivity contribution in [1.29, 1.82) is 0 Å². The number of hydrogen-bond acceptors (Lipinski definition) is 3. The molecule has 3 rings (SSSR count). The van der Waals surface area contributed by atoms with Gasteiger partial charge in [-0.1, -0.05) is 52.3 Å². The van der Waals surface area contributed by atoms with E-state index in [0.29, 0.717) is 6.42 Å². The quantitative estimate of drug-likeness (QED) is 0.895. The van der Waals surface area contributed by atoms with Gasteiger partial charge in [-0.25, -0.2) is 4.99 Å². The number of aliphatic imine (C=N–C) groups is 1. The Morgan fingerprint density at radius 2 is 1.84 bits per heavy atom. The summed E-state index contributed by atoms with van der Waals surface area (Å²) in [4.78, 5) is 4.28. The molecule has 2 aromatic carbocycles. The van der Waals surface area contributed by atoms with Crippen LogP contribution in [-0.4, -0.2) is 10.9 Å². The highest BCUT2D eigenvalue weighted by molar-refractivity contribution is 9.10. The summed E-state index contributed by atoms with van der Waals surface area (Å²) in [5.41, 5.74) is 7.21. The molecule has 3 N–H and O–H groups in total. The molecule has 1 unspecified atom stereocenters. The van der Waals surface area contributed by atoms with Gasteiger partial charge in [0.25, 0.3) is 0 Å². The fourth-order valence-electron chi connectivity index (χ4n) is 2.44. The van der Waals surface area contributed by atoms with E-state index in [1.807, 2.05) is 48.5 Å². The summed E-state index contributed by atoms with van der Waals surface area (Å²) in [6.45, 7) is 0. The summed E-state index contributed by atoms with van der Waals surface area (Å²) in [5.74, 6) is 0.248. The second-order valence-electron chi connectivity index (χ2n) is 4.65. The van der Waals surface area contributed by atoms with Crippen molar-refractivity contribution in [3.05, 3.63) is 64.1 Å². The van der Waals surface area contributed by atoms with Crippen LogP contribution in [0.5, 0.6) is 0 Å². The highest BCUT2D eigenvalue weighted by Gasteiger charge is 2.42. The van der Waals surface area contributed by atoms with Crippen molar-refractivity contribution in [3.8, 4) is 0 Å². The SMILES string of the molecule is NC1=Nc2cccc(Br)c2C1(O)Cc1ccccc1. The molecule has 0 aromatic heterocycles. The molecule has 1 aliphatic heterocycles. The second kappa shape index (κ2) is 4.47. The van der Waals surface area contributed by atoms with E-state index in [9.17, 15) is 5.11 Å². The third-order valence-corrected chi connectivity index (χ3v) is 4.03. The van der Waals surface area contributed by atoms with Crippen molar-refractivity contribution in [1.82, 2.24) is 0 Å². The number of rotatable bonds is 2. The van der Waals surface area contributed by atoms with Crippen molar-refractivity contribution in [3.63, 3.8) is 0 Å². The van der Waals surface area contributed by atoms with Crippen LogP contribution in [0.15, 0.2) is 58.0 Å². The van der Waals surface area contributed by atoms with Crippen LogP contribution in [-0.2, 0) is 12.0 Å². The van der Waals surface area contributed by atoms with Crippen LogP contribution in [0.25, 0.3) is 0 Å². The van der Waals surface area contributed by atoms with Crippen LogP contribution in [0, 0.1) is 0 Å². The van der Waals surface area contributed by atoms with Gasteiger partial charge in [0.1, 0.15) is 5.84 Å². The number of nitrogens with zero attached hydrogens (tertiary/aromatic N) is 1. The van der Waals surface area contributed by atoms with Gasteiger partial charge in [-0.3, -0.25) is 0 Å². The molecule has 0 saturated heterocycles. The first-order chi connectivity index (χ1) is 9.11. The lowest BCUT2D eigenvalue weighted by atomic mass is 9.87. The first-order valence-corrected chi connectivity index (χ1v) is 6.80. The molecule has 0 spiro atoms. The smallest absolute Gasteiger partial charge is 0.154 e. The van der Waals surface area contributed by atoms with E-state index in [-0.39, 0.29) is 5.84 Å². The van der Waals surface area contributed by atoms with Crippen LogP contribution in [0.2, 0.25) is 0 Å². The van der Waals surface area contributed by atoms with Gasteiger partial charge in [0.2, 0.25) is 0 Å². The molecule has 0 saturated carbocycles. The van der Waals surface area contributed by atoms with Gasteiger partial charge >= 0.3 is 0 Å². The van der Waals surface area contributed by atoms with Crippen molar-refractivity contribution < 1.29 is 5.11 Å². The van der Waals surface area contributed by atoms with E-state index in [0.717, 1.165) is 21.3 Å². The minimum absolute atomic E-state index is 0.248. The predicted molar refractivity (Wildman–Crippen MR) is 79.5 cm³/mol. The summed E-state index contributed by atoms with van der Waals surface area (Å²) in [6, 6.07) is 15.4. The Morgan fingerprint density at radius 3 is 2.58 bits per heavy atom. The third-order valence-electron chi connectivity index (χ3n) is 3.37. The zero-order valence-corrected chi connectivity index (χ0v) is 11.8. The van der Waals surface area contributed by atoms with Crippen LogP contribution in [0.4, 0.5) is 5.69 Å². The Labute approximate surface area is 119 Å². The molecule has 4 heteroatoms. The van der Waals surface area contributed by atoms with Crippen LogP contribution >= 0.6 is 15.9 Å². The zero-order chi connectivity index (χ0) is 13.5. The molecule has 2 aromatic rings. The van der Waals surface area contributed by atoms with Gasteiger partial charge < -0.3 is 10.8 Å². The van der Waals surface area contributed by atoms with Gasteiger partial charge in [0.15, 0.2) is 5.60 Å². The lowest BCUT2D eigenvalue weighted by molar-refractivity contribution is 0.114. The lowest BCUT2D eigenvalue weighted by Gasteiger charge is -2.25. The average Bonchev–Trinajstić information content (AvgIpc) is 2.64. The van der Waals surface area contributed by atoms with E-state index in [2.05, 4.69) is 20.9 Å². The fraction of sp³-hybridized carbons (Fsp3) is 0.133. The van der Waals surface area contributed by atoms with Crippen LogP contribution in [0.3, 0.4) is 0 Å². The van der Waals surface area contributed by atoms with Crippen molar-refractivity contribution in [2.24, 2.45) is 10.7 Å². The minimum Gasteiger partial charge on any atom is -0.384 e. The van der Waals surface area contributed by atoms with Crippen molar-refractivity contribution in [2.45, 2.75) is 12.0 Å². The molecule has 0 fully saturated rings. The number of fused-ring (bicyclic) bond motifs is 1.